The summed E-state index contributed by atoms with van der Waals surface area (Å²) in [7, 11) is 6.02. The third kappa shape index (κ3) is 5.18. The highest BCUT2D eigenvalue weighted by molar-refractivity contribution is 5.93. The molecule has 5 rings (SSSR count). The number of carbonyl (C=O) groups is 2. The van der Waals surface area contributed by atoms with E-state index in [0.717, 1.165) is 27.6 Å². The van der Waals surface area contributed by atoms with Crippen LogP contribution >= 0.6 is 0 Å². The first-order valence-corrected chi connectivity index (χ1v) is 13.0. The average Bonchev–Trinajstić information content (AvgIpc) is 3.32. The molecular weight excluding hydrogens is 526 g/mol. The van der Waals surface area contributed by atoms with Crippen LogP contribution in [0.1, 0.15) is 22.6 Å². The smallest absolute Gasteiger partial charge is 0.407 e. The molecule has 2 N–H and O–H groups in total. The largest absolute Gasteiger partial charge is 0.493 e. The number of carboxylic acid groups (broad SMARTS) is 1. The Hall–Kier alpha value is -4.92. The molecule has 0 aromatic heterocycles. The summed E-state index contributed by atoms with van der Waals surface area (Å²) in [5.41, 5.74) is 4.85. The van der Waals surface area contributed by atoms with Crippen LogP contribution < -0.4 is 24.3 Å². The van der Waals surface area contributed by atoms with E-state index in [2.05, 4.69) is 5.32 Å². The molecule has 1 amide bonds. The van der Waals surface area contributed by atoms with Gasteiger partial charge in [-0.15, -0.1) is 0 Å². The number of methoxy groups -OCH3 is 4. The highest BCUT2D eigenvalue weighted by Crippen LogP contribution is 2.45. The van der Waals surface area contributed by atoms with E-state index in [1.807, 2.05) is 48.5 Å². The van der Waals surface area contributed by atoms with Gasteiger partial charge in [-0.3, -0.25) is 0 Å². The molecule has 4 aromatic rings. The third-order valence-corrected chi connectivity index (χ3v) is 7.43. The Morgan fingerprint density at radius 1 is 0.805 bits per heavy atom. The van der Waals surface area contributed by atoms with Crippen molar-refractivity contribution in [3.63, 3.8) is 0 Å². The van der Waals surface area contributed by atoms with E-state index in [9.17, 15) is 14.7 Å². The van der Waals surface area contributed by atoms with Crippen molar-refractivity contribution in [1.29, 1.82) is 0 Å². The minimum Gasteiger partial charge on any atom is -0.493 e. The molecule has 0 radical (unpaired) electrons. The van der Waals surface area contributed by atoms with Gasteiger partial charge in [0.25, 0.3) is 0 Å². The van der Waals surface area contributed by atoms with Crippen molar-refractivity contribution in [2.24, 2.45) is 0 Å². The molecule has 0 spiro atoms. The summed E-state index contributed by atoms with van der Waals surface area (Å²) in [6.07, 6.45) is -0.934. The topological polar surface area (TPSA) is 113 Å². The molecule has 9 nitrogen and oxygen atoms in total. The lowest BCUT2D eigenvalue weighted by molar-refractivity contribution is -0.139. The van der Waals surface area contributed by atoms with Gasteiger partial charge in [0.15, 0.2) is 23.0 Å². The second-order valence-electron chi connectivity index (χ2n) is 9.58. The van der Waals surface area contributed by atoms with Crippen molar-refractivity contribution >= 4 is 22.8 Å². The molecule has 4 aromatic carbocycles. The van der Waals surface area contributed by atoms with E-state index in [1.54, 1.807) is 18.2 Å². The van der Waals surface area contributed by atoms with Gasteiger partial charge in [0.1, 0.15) is 12.6 Å². The normalized spacial score (nSPS) is 12.7. The summed E-state index contributed by atoms with van der Waals surface area (Å²) >= 11 is 0. The fourth-order valence-electron chi connectivity index (χ4n) is 5.52. The van der Waals surface area contributed by atoms with E-state index >= 15 is 0 Å². The van der Waals surface area contributed by atoms with Gasteiger partial charge in [0.05, 0.1) is 28.4 Å². The van der Waals surface area contributed by atoms with E-state index < -0.39 is 18.1 Å². The first-order valence-electron chi connectivity index (χ1n) is 13.0. The standard InChI is InChI=1S/C32H31NO8/c1-37-27-13-18-14-29(39-3)30(40-4)24(23(18)16-28(27)38-2)15-26(31(34)35)33-32(36)41-17-25-21-11-7-5-9-19(21)20-10-6-8-12-22(20)25/h5-14,16,25-26H,15,17H2,1-4H3,(H,33,36)(H,34,35). The summed E-state index contributed by atoms with van der Waals surface area (Å²) < 4.78 is 27.7. The zero-order valence-electron chi connectivity index (χ0n) is 23.2. The second-order valence-corrected chi connectivity index (χ2v) is 9.58. The number of rotatable bonds is 10. The molecule has 212 valence electrons. The molecule has 0 heterocycles. The van der Waals surface area contributed by atoms with Crippen molar-refractivity contribution in [1.82, 2.24) is 5.32 Å². The molecule has 41 heavy (non-hydrogen) atoms. The number of alkyl carbamates (subject to hydrolysis) is 1. The summed E-state index contributed by atoms with van der Waals surface area (Å²) in [5.74, 6) is 0.355. The van der Waals surface area contributed by atoms with E-state index in [-0.39, 0.29) is 18.9 Å². The lowest BCUT2D eigenvalue weighted by Gasteiger charge is -2.21. The summed E-state index contributed by atoms with van der Waals surface area (Å²) in [4.78, 5) is 25.3. The number of hydrogen-bond acceptors (Lipinski definition) is 7. The Kier molecular flexibility index (Phi) is 7.87. The molecule has 0 aliphatic heterocycles. The van der Waals surface area contributed by atoms with Crippen LogP contribution in [0.15, 0.2) is 66.7 Å². The molecule has 1 atom stereocenters. The van der Waals surface area contributed by atoms with Crippen molar-refractivity contribution in [2.75, 3.05) is 35.0 Å². The van der Waals surface area contributed by atoms with Crippen molar-refractivity contribution in [3.8, 4) is 34.1 Å². The molecule has 0 saturated heterocycles. The number of hydrogen-bond donors (Lipinski definition) is 2. The lowest BCUT2D eigenvalue weighted by Crippen LogP contribution is -2.43. The number of carboxylic acids is 1. The van der Waals surface area contributed by atoms with Gasteiger partial charge in [-0.25, -0.2) is 9.59 Å². The fourth-order valence-corrected chi connectivity index (χ4v) is 5.52. The quantitative estimate of drug-likeness (QED) is 0.266. The van der Waals surface area contributed by atoms with E-state index in [4.69, 9.17) is 23.7 Å². The van der Waals surface area contributed by atoms with Gasteiger partial charge < -0.3 is 34.1 Å². The Labute approximate surface area is 237 Å². The average molecular weight is 558 g/mol. The molecule has 0 saturated carbocycles. The Bertz CT molecular complexity index is 1560. The zero-order chi connectivity index (χ0) is 29.1. The third-order valence-electron chi connectivity index (χ3n) is 7.43. The number of fused-ring (bicyclic) bond motifs is 4. The monoisotopic (exact) mass is 557 g/mol. The Morgan fingerprint density at radius 2 is 1.37 bits per heavy atom. The van der Waals surface area contributed by atoms with Crippen LogP contribution in [-0.2, 0) is 16.0 Å². The highest BCUT2D eigenvalue weighted by Gasteiger charge is 2.31. The Morgan fingerprint density at radius 3 is 1.93 bits per heavy atom. The van der Waals surface area contributed by atoms with Crippen LogP contribution in [0.3, 0.4) is 0 Å². The van der Waals surface area contributed by atoms with Crippen LogP contribution in [-0.4, -0.2) is 58.3 Å². The predicted octanol–water partition coefficient (Wildman–Crippen LogP) is 5.41. The summed E-state index contributed by atoms with van der Waals surface area (Å²) in [6, 6.07) is 20.0. The number of carbonyl (C=O) groups excluding carboxylic acids is 1. The maximum absolute atomic E-state index is 13.0. The van der Waals surface area contributed by atoms with Gasteiger partial charge >= 0.3 is 12.1 Å². The second kappa shape index (κ2) is 11.7. The van der Waals surface area contributed by atoms with Gasteiger partial charge in [0.2, 0.25) is 0 Å². The van der Waals surface area contributed by atoms with Crippen LogP contribution in [0.2, 0.25) is 0 Å². The predicted molar refractivity (Wildman–Crippen MR) is 153 cm³/mol. The molecular formula is C32H31NO8. The maximum Gasteiger partial charge on any atom is 0.407 e. The Balaban J connectivity index is 1.40. The molecule has 1 aliphatic rings. The first-order chi connectivity index (χ1) is 19.9. The summed E-state index contributed by atoms with van der Waals surface area (Å²) in [5, 5.41) is 14.0. The molecule has 1 unspecified atom stereocenters. The lowest BCUT2D eigenvalue weighted by atomic mass is 9.96. The molecule has 0 fully saturated rings. The number of benzene rings is 4. The summed E-state index contributed by atoms with van der Waals surface area (Å²) in [6.45, 7) is 0.0641. The van der Waals surface area contributed by atoms with Gasteiger partial charge in [-0.2, -0.15) is 0 Å². The van der Waals surface area contributed by atoms with Crippen molar-refractivity contribution in [2.45, 2.75) is 18.4 Å². The highest BCUT2D eigenvalue weighted by atomic mass is 16.5. The van der Waals surface area contributed by atoms with Gasteiger partial charge in [-0.1, -0.05) is 48.5 Å². The van der Waals surface area contributed by atoms with Crippen LogP contribution in [0.4, 0.5) is 4.79 Å². The van der Waals surface area contributed by atoms with Crippen LogP contribution in [0.25, 0.3) is 21.9 Å². The van der Waals surface area contributed by atoms with Gasteiger partial charge in [-0.05, 0) is 51.2 Å². The number of aliphatic carboxylic acids is 1. The SMILES string of the molecule is COc1cc2cc(OC)c(OC)c(CC(NC(=O)OCC3c4ccccc4-c4ccccc43)C(=O)O)c2cc1OC. The zero-order valence-corrected chi connectivity index (χ0v) is 23.2. The minimum absolute atomic E-state index is 0.0641. The van der Waals surface area contributed by atoms with Crippen molar-refractivity contribution in [3.05, 3.63) is 83.4 Å². The molecule has 1 aliphatic carbocycles. The van der Waals surface area contributed by atoms with Gasteiger partial charge in [0, 0.05) is 17.9 Å². The van der Waals surface area contributed by atoms with Crippen molar-refractivity contribution < 1.29 is 38.4 Å². The number of ether oxygens (including phenoxy) is 5. The maximum atomic E-state index is 13.0. The molecule has 9 heteroatoms. The van der Waals surface area contributed by atoms with Crippen LogP contribution in [0.5, 0.6) is 23.0 Å². The fraction of sp³-hybridized carbons (Fsp3) is 0.250. The number of amides is 1. The van der Waals surface area contributed by atoms with E-state index in [0.29, 0.717) is 33.9 Å². The van der Waals surface area contributed by atoms with Crippen LogP contribution in [0, 0.1) is 0 Å². The number of nitrogens with one attached hydrogen (secondary N) is 1. The van der Waals surface area contributed by atoms with E-state index in [1.165, 1.54) is 28.4 Å². The molecule has 0 bridgehead atoms. The minimum atomic E-state index is -1.32. The first kappa shape index (κ1) is 27.6.